The molecule has 1 saturated carbocycles. The Balaban J connectivity index is 2.68. The SMILES string of the molecule is CCCN(CC(=O)N(C)C)C(=O)C1CCCCC1N. The number of carbonyl (C=O) groups excluding carboxylic acids is 2. The van der Waals surface area contributed by atoms with Gasteiger partial charge in [0.1, 0.15) is 0 Å². The van der Waals surface area contributed by atoms with E-state index in [0.29, 0.717) is 6.54 Å². The van der Waals surface area contributed by atoms with Crippen molar-refractivity contribution in [2.24, 2.45) is 11.7 Å². The molecule has 110 valence electrons. The normalized spacial score (nSPS) is 22.9. The van der Waals surface area contributed by atoms with Crippen LogP contribution in [0.5, 0.6) is 0 Å². The van der Waals surface area contributed by atoms with E-state index >= 15 is 0 Å². The zero-order valence-electron chi connectivity index (χ0n) is 12.4. The number of hydrogen-bond acceptors (Lipinski definition) is 3. The highest BCUT2D eigenvalue weighted by atomic mass is 16.2. The van der Waals surface area contributed by atoms with Crippen LogP contribution in [0.2, 0.25) is 0 Å². The van der Waals surface area contributed by atoms with E-state index < -0.39 is 0 Å². The average Bonchev–Trinajstić information content (AvgIpc) is 2.37. The number of carbonyl (C=O) groups is 2. The Hall–Kier alpha value is -1.10. The standard InChI is InChI=1S/C14H27N3O2/c1-4-9-17(10-13(18)16(2)3)14(19)11-7-5-6-8-12(11)15/h11-12H,4-10,15H2,1-3H3. The molecule has 2 N–H and O–H groups in total. The van der Waals surface area contributed by atoms with E-state index in [1.807, 2.05) is 6.92 Å². The van der Waals surface area contributed by atoms with Gasteiger partial charge in [0, 0.05) is 26.7 Å². The summed E-state index contributed by atoms with van der Waals surface area (Å²) < 4.78 is 0. The first kappa shape index (κ1) is 16.0. The number of rotatable bonds is 5. The van der Waals surface area contributed by atoms with E-state index in [4.69, 9.17) is 5.73 Å². The molecule has 0 aliphatic heterocycles. The second kappa shape index (κ2) is 7.48. The van der Waals surface area contributed by atoms with Gasteiger partial charge in [-0.15, -0.1) is 0 Å². The molecule has 5 nitrogen and oxygen atoms in total. The largest absolute Gasteiger partial charge is 0.347 e. The van der Waals surface area contributed by atoms with Gasteiger partial charge in [-0.2, -0.15) is 0 Å². The minimum absolute atomic E-state index is 0.0359. The highest BCUT2D eigenvalue weighted by Crippen LogP contribution is 2.24. The molecule has 0 spiro atoms. The van der Waals surface area contributed by atoms with E-state index in [2.05, 4.69) is 0 Å². The quantitative estimate of drug-likeness (QED) is 0.804. The van der Waals surface area contributed by atoms with Gasteiger partial charge >= 0.3 is 0 Å². The third kappa shape index (κ3) is 4.49. The van der Waals surface area contributed by atoms with Crippen molar-refractivity contribution in [3.05, 3.63) is 0 Å². The number of hydrogen-bond donors (Lipinski definition) is 1. The summed E-state index contributed by atoms with van der Waals surface area (Å²) in [6.45, 7) is 2.81. The van der Waals surface area contributed by atoms with Crippen LogP contribution in [-0.2, 0) is 9.59 Å². The molecule has 0 aromatic carbocycles. The molecule has 0 aromatic rings. The van der Waals surface area contributed by atoms with Crippen LogP contribution in [0.25, 0.3) is 0 Å². The molecule has 5 heteroatoms. The smallest absolute Gasteiger partial charge is 0.241 e. The molecule has 0 heterocycles. The fourth-order valence-electron chi connectivity index (χ4n) is 2.54. The Bertz CT molecular complexity index is 318. The molecular formula is C14H27N3O2. The van der Waals surface area contributed by atoms with Crippen LogP contribution in [0.3, 0.4) is 0 Å². The summed E-state index contributed by atoms with van der Waals surface area (Å²) in [6.07, 6.45) is 4.80. The van der Waals surface area contributed by atoms with Crippen molar-refractivity contribution in [3.63, 3.8) is 0 Å². The van der Waals surface area contributed by atoms with E-state index in [0.717, 1.165) is 32.1 Å². The summed E-state index contributed by atoms with van der Waals surface area (Å²) in [4.78, 5) is 27.5. The number of nitrogens with zero attached hydrogens (tertiary/aromatic N) is 2. The molecule has 2 amide bonds. The van der Waals surface area contributed by atoms with Gasteiger partial charge in [-0.25, -0.2) is 0 Å². The van der Waals surface area contributed by atoms with Crippen LogP contribution in [-0.4, -0.2) is 54.8 Å². The zero-order chi connectivity index (χ0) is 14.4. The van der Waals surface area contributed by atoms with Crippen molar-refractivity contribution in [1.29, 1.82) is 0 Å². The van der Waals surface area contributed by atoms with Crippen molar-refractivity contribution in [3.8, 4) is 0 Å². The number of likely N-dealkylation sites (N-methyl/N-ethyl adjacent to an activating group) is 1. The molecule has 0 saturated heterocycles. The van der Waals surface area contributed by atoms with Crippen LogP contribution in [0.15, 0.2) is 0 Å². The number of nitrogens with two attached hydrogens (primary N) is 1. The Labute approximate surface area is 116 Å². The van der Waals surface area contributed by atoms with Crippen molar-refractivity contribution < 1.29 is 9.59 Å². The van der Waals surface area contributed by atoms with Gasteiger partial charge in [0.15, 0.2) is 0 Å². The fourth-order valence-corrected chi connectivity index (χ4v) is 2.54. The summed E-state index contributed by atoms with van der Waals surface area (Å²) >= 11 is 0. The molecule has 1 aliphatic carbocycles. The summed E-state index contributed by atoms with van der Waals surface area (Å²) in [5.41, 5.74) is 6.06. The molecule has 2 unspecified atom stereocenters. The topological polar surface area (TPSA) is 66.6 Å². The fraction of sp³-hybridized carbons (Fsp3) is 0.857. The Morgan fingerprint density at radius 1 is 1.21 bits per heavy atom. The Morgan fingerprint density at radius 3 is 2.37 bits per heavy atom. The van der Waals surface area contributed by atoms with Gasteiger partial charge < -0.3 is 15.5 Å². The molecule has 0 bridgehead atoms. The maximum absolute atomic E-state index is 12.5. The lowest BCUT2D eigenvalue weighted by Crippen LogP contribution is -2.48. The lowest BCUT2D eigenvalue weighted by Gasteiger charge is -2.33. The van der Waals surface area contributed by atoms with Crippen LogP contribution >= 0.6 is 0 Å². The van der Waals surface area contributed by atoms with Crippen molar-refractivity contribution >= 4 is 11.8 Å². The third-order valence-electron chi connectivity index (χ3n) is 3.77. The Morgan fingerprint density at radius 2 is 1.84 bits per heavy atom. The summed E-state index contributed by atoms with van der Waals surface area (Å²) in [5, 5.41) is 0. The van der Waals surface area contributed by atoms with E-state index in [1.165, 1.54) is 4.90 Å². The third-order valence-corrected chi connectivity index (χ3v) is 3.77. The number of amides is 2. The van der Waals surface area contributed by atoms with Crippen molar-refractivity contribution in [1.82, 2.24) is 9.80 Å². The highest BCUT2D eigenvalue weighted by molar-refractivity contribution is 5.86. The van der Waals surface area contributed by atoms with Gasteiger partial charge in [0.25, 0.3) is 0 Å². The summed E-state index contributed by atoms with van der Waals surface area (Å²) in [5.74, 6) is -0.0781. The van der Waals surface area contributed by atoms with Gasteiger partial charge in [-0.3, -0.25) is 9.59 Å². The summed E-state index contributed by atoms with van der Waals surface area (Å²) in [6, 6.07) is -0.0462. The predicted molar refractivity (Wildman–Crippen MR) is 75.5 cm³/mol. The molecule has 1 aliphatic rings. The lowest BCUT2D eigenvalue weighted by atomic mass is 9.84. The first-order valence-corrected chi connectivity index (χ1v) is 7.21. The van der Waals surface area contributed by atoms with Crippen molar-refractivity contribution in [2.45, 2.75) is 45.1 Å². The minimum atomic E-state index is -0.102. The van der Waals surface area contributed by atoms with Gasteiger partial charge in [-0.1, -0.05) is 19.8 Å². The van der Waals surface area contributed by atoms with Crippen molar-refractivity contribution in [2.75, 3.05) is 27.2 Å². The summed E-state index contributed by atoms with van der Waals surface area (Å²) in [7, 11) is 3.42. The van der Waals surface area contributed by atoms with Gasteiger partial charge in [-0.05, 0) is 19.3 Å². The molecule has 2 atom stereocenters. The zero-order valence-corrected chi connectivity index (χ0v) is 12.4. The van der Waals surface area contributed by atoms with E-state index in [1.54, 1.807) is 19.0 Å². The highest BCUT2D eigenvalue weighted by Gasteiger charge is 2.32. The monoisotopic (exact) mass is 269 g/mol. The molecule has 19 heavy (non-hydrogen) atoms. The average molecular weight is 269 g/mol. The molecule has 1 fully saturated rings. The first-order chi connectivity index (χ1) is 8.97. The van der Waals surface area contributed by atoms with Gasteiger partial charge in [0.05, 0.1) is 12.5 Å². The first-order valence-electron chi connectivity index (χ1n) is 7.21. The molecule has 0 aromatic heterocycles. The lowest BCUT2D eigenvalue weighted by molar-refractivity contribution is -0.143. The molecule has 1 rings (SSSR count). The van der Waals surface area contributed by atoms with Gasteiger partial charge in [0.2, 0.25) is 11.8 Å². The molecule has 0 radical (unpaired) electrons. The minimum Gasteiger partial charge on any atom is -0.347 e. The van der Waals surface area contributed by atoms with Crippen LogP contribution < -0.4 is 5.73 Å². The van der Waals surface area contributed by atoms with E-state index in [-0.39, 0.29) is 30.3 Å². The second-order valence-electron chi connectivity index (χ2n) is 5.60. The van der Waals surface area contributed by atoms with Crippen LogP contribution in [0.4, 0.5) is 0 Å². The van der Waals surface area contributed by atoms with Crippen LogP contribution in [0.1, 0.15) is 39.0 Å². The van der Waals surface area contributed by atoms with E-state index in [9.17, 15) is 9.59 Å². The maximum Gasteiger partial charge on any atom is 0.241 e. The molecular weight excluding hydrogens is 242 g/mol. The van der Waals surface area contributed by atoms with Crippen LogP contribution in [0, 0.1) is 5.92 Å². The maximum atomic E-state index is 12.5. The Kier molecular flexibility index (Phi) is 6.28. The predicted octanol–water partition coefficient (Wildman–Crippen LogP) is 0.831. The second-order valence-corrected chi connectivity index (χ2v) is 5.60.